The van der Waals surface area contributed by atoms with Crippen molar-refractivity contribution in [1.82, 2.24) is 15.1 Å². The van der Waals surface area contributed by atoms with Crippen molar-refractivity contribution < 1.29 is 9.84 Å². The van der Waals surface area contributed by atoms with Gasteiger partial charge in [-0.05, 0) is 18.9 Å². The van der Waals surface area contributed by atoms with Crippen LogP contribution in [-0.4, -0.2) is 34.6 Å². The average Bonchev–Trinajstić information content (AvgIpc) is 2.77. The lowest BCUT2D eigenvalue weighted by Gasteiger charge is -2.16. The molecule has 2 aromatic rings. The van der Waals surface area contributed by atoms with Crippen molar-refractivity contribution in [2.24, 2.45) is 7.05 Å². The maximum Gasteiger partial charge on any atom is 0.216 e. The fraction of sp³-hybridized carbons (Fsp3) is 0.438. The van der Waals surface area contributed by atoms with Crippen LogP contribution < -0.4 is 10.1 Å². The van der Waals surface area contributed by atoms with E-state index in [1.165, 1.54) is 5.56 Å². The standard InChI is InChI=1S/C16H23N3O2/c1-12-15(16(21-3)19(2)18-12)10-17-14(11-20)9-13-7-5-4-6-8-13/h4-8,14,17,20H,9-11H2,1-3H3. The van der Waals surface area contributed by atoms with E-state index in [0.29, 0.717) is 6.54 Å². The number of nitrogens with one attached hydrogen (secondary N) is 1. The average molecular weight is 289 g/mol. The fourth-order valence-electron chi connectivity index (χ4n) is 2.49. The van der Waals surface area contributed by atoms with Crippen LogP contribution in [0.5, 0.6) is 5.88 Å². The van der Waals surface area contributed by atoms with E-state index in [-0.39, 0.29) is 12.6 Å². The van der Waals surface area contributed by atoms with Gasteiger partial charge in [-0.15, -0.1) is 0 Å². The topological polar surface area (TPSA) is 59.3 Å². The monoisotopic (exact) mass is 289 g/mol. The zero-order chi connectivity index (χ0) is 15.2. The SMILES string of the molecule is COc1c(CNC(CO)Cc2ccccc2)c(C)nn1C. The second kappa shape index (κ2) is 7.24. The lowest BCUT2D eigenvalue weighted by atomic mass is 10.1. The Labute approximate surface area is 125 Å². The quantitative estimate of drug-likeness (QED) is 0.809. The summed E-state index contributed by atoms with van der Waals surface area (Å²) in [5.74, 6) is 0.761. The summed E-state index contributed by atoms with van der Waals surface area (Å²) in [5, 5.41) is 17.3. The Morgan fingerprint density at radius 2 is 2.05 bits per heavy atom. The van der Waals surface area contributed by atoms with Gasteiger partial charge in [0.1, 0.15) is 0 Å². The third kappa shape index (κ3) is 3.83. The lowest BCUT2D eigenvalue weighted by Crippen LogP contribution is -2.34. The summed E-state index contributed by atoms with van der Waals surface area (Å²) in [6, 6.07) is 10.2. The van der Waals surface area contributed by atoms with E-state index in [0.717, 1.165) is 23.6 Å². The second-order valence-corrected chi connectivity index (χ2v) is 5.15. The van der Waals surface area contributed by atoms with Gasteiger partial charge < -0.3 is 15.2 Å². The molecule has 1 unspecified atom stereocenters. The highest BCUT2D eigenvalue weighted by atomic mass is 16.5. The van der Waals surface area contributed by atoms with Crippen LogP contribution >= 0.6 is 0 Å². The Morgan fingerprint density at radius 3 is 2.67 bits per heavy atom. The predicted octanol–water partition coefficient (Wildman–Crippen LogP) is 1.43. The zero-order valence-corrected chi connectivity index (χ0v) is 12.8. The summed E-state index contributed by atoms with van der Waals surface area (Å²) in [6.45, 7) is 2.68. The minimum atomic E-state index is 0.0108. The Bertz CT molecular complexity index is 566. The fourth-order valence-corrected chi connectivity index (χ4v) is 2.49. The van der Waals surface area contributed by atoms with E-state index in [1.807, 2.05) is 32.2 Å². The molecule has 0 spiro atoms. The van der Waals surface area contributed by atoms with Gasteiger partial charge in [-0.25, -0.2) is 4.68 Å². The van der Waals surface area contributed by atoms with Crippen molar-refractivity contribution >= 4 is 0 Å². The van der Waals surface area contributed by atoms with Gasteiger partial charge in [0.05, 0.1) is 25.0 Å². The molecule has 5 nitrogen and oxygen atoms in total. The van der Waals surface area contributed by atoms with Crippen molar-refractivity contribution in [2.75, 3.05) is 13.7 Å². The largest absolute Gasteiger partial charge is 0.481 e. The molecule has 1 atom stereocenters. The molecule has 0 fully saturated rings. The van der Waals surface area contributed by atoms with Gasteiger partial charge in [0.25, 0.3) is 0 Å². The van der Waals surface area contributed by atoms with Gasteiger partial charge in [-0.2, -0.15) is 5.10 Å². The second-order valence-electron chi connectivity index (χ2n) is 5.15. The smallest absolute Gasteiger partial charge is 0.216 e. The first-order valence-corrected chi connectivity index (χ1v) is 7.10. The third-order valence-electron chi connectivity index (χ3n) is 3.59. The first-order valence-electron chi connectivity index (χ1n) is 7.10. The van der Waals surface area contributed by atoms with Crippen LogP contribution in [0.4, 0.5) is 0 Å². The van der Waals surface area contributed by atoms with Gasteiger partial charge in [0.2, 0.25) is 5.88 Å². The summed E-state index contributed by atoms with van der Waals surface area (Å²) >= 11 is 0. The van der Waals surface area contributed by atoms with Gasteiger partial charge in [-0.3, -0.25) is 0 Å². The van der Waals surface area contributed by atoms with E-state index in [4.69, 9.17) is 4.74 Å². The first kappa shape index (κ1) is 15.5. The van der Waals surface area contributed by atoms with Gasteiger partial charge in [0.15, 0.2) is 0 Å². The molecule has 21 heavy (non-hydrogen) atoms. The Hall–Kier alpha value is -1.85. The summed E-state index contributed by atoms with van der Waals surface area (Å²) in [4.78, 5) is 0. The Morgan fingerprint density at radius 1 is 1.33 bits per heavy atom. The van der Waals surface area contributed by atoms with Crippen molar-refractivity contribution in [3.8, 4) is 5.88 Å². The maximum atomic E-state index is 9.55. The number of aliphatic hydroxyl groups excluding tert-OH is 1. The van der Waals surface area contributed by atoms with Gasteiger partial charge in [0, 0.05) is 19.6 Å². The number of nitrogens with zero attached hydrogens (tertiary/aromatic N) is 2. The summed E-state index contributed by atoms with van der Waals surface area (Å²) in [5.41, 5.74) is 3.18. The molecular weight excluding hydrogens is 266 g/mol. The molecule has 5 heteroatoms. The number of methoxy groups -OCH3 is 1. The number of aromatic nitrogens is 2. The molecule has 2 N–H and O–H groups in total. The van der Waals surface area contributed by atoms with Crippen molar-refractivity contribution in [1.29, 1.82) is 0 Å². The van der Waals surface area contributed by atoms with Crippen molar-refractivity contribution in [3.63, 3.8) is 0 Å². The molecule has 0 amide bonds. The third-order valence-corrected chi connectivity index (χ3v) is 3.59. The number of benzene rings is 1. The Kier molecular flexibility index (Phi) is 5.36. The highest BCUT2D eigenvalue weighted by Gasteiger charge is 2.15. The molecule has 0 aliphatic rings. The molecular formula is C16H23N3O2. The van der Waals surface area contributed by atoms with Crippen LogP contribution in [0.25, 0.3) is 0 Å². The number of rotatable bonds is 7. The molecule has 2 rings (SSSR count). The lowest BCUT2D eigenvalue weighted by molar-refractivity contribution is 0.240. The highest BCUT2D eigenvalue weighted by Crippen LogP contribution is 2.20. The van der Waals surface area contributed by atoms with E-state index in [1.54, 1.807) is 11.8 Å². The molecule has 0 aliphatic carbocycles. The molecule has 1 aromatic carbocycles. The number of hydrogen-bond donors (Lipinski definition) is 2. The molecule has 0 saturated heterocycles. The van der Waals surface area contributed by atoms with Gasteiger partial charge in [-0.1, -0.05) is 30.3 Å². The van der Waals surface area contributed by atoms with E-state index < -0.39 is 0 Å². The molecule has 0 saturated carbocycles. The number of ether oxygens (including phenoxy) is 1. The molecule has 114 valence electrons. The normalized spacial score (nSPS) is 12.4. The molecule has 0 radical (unpaired) electrons. The van der Waals surface area contributed by atoms with Crippen molar-refractivity contribution in [3.05, 3.63) is 47.2 Å². The first-order chi connectivity index (χ1) is 10.2. The number of aliphatic hydroxyl groups is 1. The molecule has 0 aliphatic heterocycles. The van der Waals surface area contributed by atoms with Gasteiger partial charge >= 0.3 is 0 Å². The maximum absolute atomic E-state index is 9.55. The number of aryl methyl sites for hydroxylation is 2. The zero-order valence-electron chi connectivity index (χ0n) is 12.8. The van der Waals surface area contributed by atoms with Crippen molar-refractivity contribution in [2.45, 2.75) is 25.9 Å². The van der Waals surface area contributed by atoms with Crippen LogP contribution in [0.3, 0.4) is 0 Å². The summed E-state index contributed by atoms with van der Waals surface area (Å²) in [6.07, 6.45) is 0.791. The van der Waals surface area contributed by atoms with E-state index in [9.17, 15) is 5.11 Å². The van der Waals surface area contributed by atoms with Crippen LogP contribution in [-0.2, 0) is 20.0 Å². The van der Waals surface area contributed by atoms with Crippen LogP contribution in [0.1, 0.15) is 16.8 Å². The van der Waals surface area contributed by atoms with Crippen LogP contribution in [0.2, 0.25) is 0 Å². The highest BCUT2D eigenvalue weighted by molar-refractivity contribution is 5.30. The van der Waals surface area contributed by atoms with E-state index >= 15 is 0 Å². The summed E-state index contributed by atoms with van der Waals surface area (Å²) < 4.78 is 7.11. The minimum absolute atomic E-state index is 0.0108. The molecule has 0 bridgehead atoms. The molecule has 1 aromatic heterocycles. The Balaban J connectivity index is 2.00. The minimum Gasteiger partial charge on any atom is -0.481 e. The van der Waals surface area contributed by atoms with E-state index in [2.05, 4.69) is 22.5 Å². The molecule has 1 heterocycles. The van der Waals surface area contributed by atoms with Crippen LogP contribution in [0, 0.1) is 6.92 Å². The van der Waals surface area contributed by atoms with Crippen LogP contribution in [0.15, 0.2) is 30.3 Å². The number of hydrogen-bond acceptors (Lipinski definition) is 4. The predicted molar refractivity (Wildman–Crippen MR) is 82.4 cm³/mol. The summed E-state index contributed by atoms with van der Waals surface area (Å²) in [7, 11) is 3.51.